The van der Waals surface area contributed by atoms with Gasteiger partial charge in [-0.3, -0.25) is 9.10 Å². The van der Waals surface area contributed by atoms with Gasteiger partial charge in [-0.05, 0) is 44.2 Å². The second-order valence-corrected chi connectivity index (χ2v) is 8.18. The quantitative estimate of drug-likeness (QED) is 0.572. The number of sulfonamides is 1. The summed E-state index contributed by atoms with van der Waals surface area (Å²) in [5.41, 5.74) is 3.39. The molecule has 0 radical (unpaired) electrons. The highest BCUT2D eigenvalue weighted by Crippen LogP contribution is 2.26. The van der Waals surface area contributed by atoms with Crippen molar-refractivity contribution in [1.82, 2.24) is 5.43 Å². The average Bonchev–Trinajstić information content (AvgIpc) is 2.58. The van der Waals surface area contributed by atoms with Crippen LogP contribution in [-0.4, -0.2) is 26.6 Å². The second-order valence-electron chi connectivity index (χ2n) is 5.40. The maximum absolute atomic E-state index is 13.0. The Labute approximate surface area is 155 Å². The third kappa shape index (κ3) is 5.14. The first kappa shape index (κ1) is 19.1. The molecular formula is C17H18BrN3O3S. The minimum atomic E-state index is -3.90. The van der Waals surface area contributed by atoms with Crippen molar-refractivity contribution in [3.63, 3.8) is 0 Å². The highest BCUT2D eigenvalue weighted by Gasteiger charge is 2.27. The standard InChI is InChI=1S/C17H18BrN3O3S/c1-13(2)19-20-17(22)12-21(15-8-6-7-14(18)11-15)25(23,24)16-9-4-3-5-10-16/h3-11H,12H2,1-2H3,(H,20,22). The third-order valence-electron chi connectivity index (χ3n) is 3.12. The van der Waals surface area contributed by atoms with Gasteiger partial charge in [0.15, 0.2) is 0 Å². The number of carbonyl (C=O) groups is 1. The van der Waals surface area contributed by atoms with E-state index in [9.17, 15) is 13.2 Å². The van der Waals surface area contributed by atoms with Crippen molar-refractivity contribution in [2.24, 2.45) is 5.10 Å². The van der Waals surface area contributed by atoms with E-state index in [1.165, 1.54) is 12.1 Å². The van der Waals surface area contributed by atoms with Crippen LogP contribution in [0.5, 0.6) is 0 Å². The van der Waals surface area contributed by atoms with Crippen LogP contribution < -0.4 is 9.73 Å². The molecule has 2 rings (SSSR count). The summed E-state index contributed by atoms with van der Waals surface area (Å²) in [5.74, 6) is -0.527. The predicted octanol–water partition coefficient (Wildman–Crippen LogP) is 3.16. The smallest absolute Gasteiger partial charge is 0.264 e. The SMILES string of the molecule is CC(C)=NNC(=O)CN(c1cccc(Br)c1)S(=O)(=O)c1ccccc1. The molecule has 0 unspecified atom stereocenters. The Bertz CT molecular complexity index is 879. The largest absolute Gasteiger partial charge is 0.271 e. The topological polar surface area (TPSA) is 78.8 Å². The predicted molar refractivity (Wildman–Crippen MR) is 102 cm³/mol. The number of amides is 1. The molecule has 132 valence electrons. The van der Waals surface area contributed by atoms with Crippen molar-refractivity contribution in [2.75, 3.05) is 10.8 Å². The van der Waals surface area contributed by atoms with Crippen molar-refractivity contribution in [3.05, 3.63) is 59.1 Å². The van der Waals surface area contributed by atoms with Gasteiger partial charge >= 0.3 is 0 Å². The van der Waals surface area contributed by atoms with Gasteiger partial charge in [0.1, 0.15) is 6.54 Å². The first-order valence-electron chi connectivity index (χ1n) is 7.44. The van der Waals surface area contributed by atoms with Gasteiger partial charge in [0, 0.05) is 10.2 Å². The van der Waals surface area contributed by atoms with Crippen LogP contribution in [0.2, 0.25) is 0 Å². The molecule has 2 aromatic carbocycles. The summed E-state index contributed by atoms with van der Waals surface area (Å²) < 4.78 is 27.8. The van der Waals surface area contributed by atoms with E-state index >= 15 is 0 Å². The Kier molecular flexibility index (Phi) is 6.33. The van der Waals surface area contributed by atoms with Gasteiger partial charge < -0.3 is 0 Å². The van der Waals surface area contributed by atoms with Crippen molar-refractivity contribution < 1.29 is 13.2 Å². The van der Waals surface area contributed by atoms with E-state index in [1.807, 2.05) is 0 Å². The van der Waals surface area contributed by atoms with E-state index in [2.05, 4.69) is 26.5 Å². The van der Waals surface area contributed by atoms with Gasteiger partial charge in [-0.2, -0.15) is 5.10 Å². The Morgan fingerprint density at radius 2 is 1.80 bits per heavy atom. The number of hydrazone groups is 1. The Balaban J connectivity index is 2.42. The van der Waals surface area contributed by atoms with Gasteiger partial charge in [-0.15, -0.1) is 0 Å². The lowest BCUT2D eigenvalue weighted by Crippen LogP contribution is -2.39. The summed E-state index contributed by atoms with van der Waals surface area (Å²) in [6, 6.07) is 14.7. The molecule has 25 heavy (non-hydrogen) atoms. The summed E-state index contributed by atoms with van der Waals surface area (Å²) in [4.78, 5) is 12.3. The number of benzene rings is 2. The fraction of sp³-hybridized carbons (Fsp3) is 0.176. The number of rotatable bonds is 6. The van der Waals surface area contributed by atoms with Crippen LogP contribution in [0.4, 0.5) is 5.69 Å². The number of hydrogen-bond acceptors (Lipinski definition) is 4. The van der Waals surface area contributed by atoms with Gasteiger partial charge in [0.2, 0.25) is 0 Å². The molecule has 2 aromatic rings. The number of hydrogen-bond donors (Lipinski definition) is 1. The van der Waals surface area contributed by atoms with Crippen LogP contribution in [0.1, 0.15) is 13.8 Å². The lowest BCUT2D eigenvalue weighted by atomic mass is 10.3. The highest BCUT2D eigenvalue weighted by molar-refractivity contribution is 9.10. The van der Waals surface area contributed by atoms with E-state index in [1.54, 1.807) is 56.3 Å². The lowest BCUT2D eigenvalue weighted by Gasteiger charge is -2.23. The Morgan fingerprint density at radius 3 is 2.40 bits per heavy atom. The van der Waals surface area contributed by atoms with E-state index in [4.69, 9.17) is 0 Å². The molecule has 0 atom stereocenters. The second kappa shape index (κ2) is 8.26. The zero-order valence-electron chi connectivity index (χ0n) is 13.8. The lowest BCUT2D eigenvalue weighted by molar-refractivity contribution is -0.119. The summed E-state index contributed by atoms with van der Waals surface area (Å²) in [6.45, 7) is 3.07. The fourth-order valence-electron chi connectivity index (χ4n) is 2.01. The molecular weight excluding hydrogens is 406 g/mol. The maximum Gasteiger partial charge on any atom is 0.264 e. The number of carbonyl (C=O) groups excluding carboxylic acids is 1. The fourth-order valence-corrected chi connectivity index (χ4v) is 3.83. The molecule has 0 bridgehead atoms. The molecule has 0 aliphatic heterocycles. The van der Waals surface area contributed by atoms with Gasteiger partial charge in [-0.25, -0.2) is 13.8 Å². The average molecular weight is 424 g/mol. The first-order valence-corrected chi connectivity index (χ1v) is 9.67. The molecule has 0 aliphatic carbocycles. The van der Waals surface area contributed by atoms with E-state index in [0.717, 1.165) is 4.31 Å². The van der Waals surface area contributed by atoms with E-state index in [0.29, 0.717) is 15.9 Å². The van der Waals surface area contributed by atoms with Crippen LogP contribution in [0.25, 0.3) is 0 Å². The minimum Gasteiger partial charge on any atom is -0.271 e. The number of nitrogens with one attached hydrogen (secondary N) is 1. The molecule has 0 saturated heterocycles. The Hall–Kier alpha value is -2.19. The molecule has 0 heterocycles. The van der Waals surface area contributed by atoms with Gasteiger partial charge in [0.05, 0.1) is 10.6 Å². The Morgan fingerprint density at radius 1 is 1.12 bits per heavy atom. The molecule has 1 N–H and O–H groups in total. The number of nitrogens with zero attached hydrogens (tertiary/aromatic N) is 2. The highest BCUT2D eigenvalue weighted by atomic mass is 79.9. The van der Waals surface area contributed by atoms with Crippen molar-refractivity contribution in [3.8, 4) is 0 Å². The van der Waals surface area contributed by atoms with Crippen LogP contribution in [0.15, 0.2) is 69.1 Å². The van der Waals surface area contributed by atoms with Crippen molar-refractivity contribution in [1.29, 1.82) is 0 Å². The third-order valence-corrected chi connectivity index (χ3v) is 5.40. The monoisotopic (exact) mass is 423 g/mol. The van der Waals surface area contributed by atoms with Gasteiger partial charge in [0.25, 0.3) is 15.9 Å². The molecule has 8 heteroatoms. The first-order chi connectivity index (χ1) is 11.8. The normalized spacial score (nSPS) is 10.8. The summed E-state index contributed by atoms with van der Waals surface area (Å²) in [5, 5.41) is 3.83. The summed E-state index contributed by atoms with van der Waals surface area (Å²) in [7, 11) is -3.90. The molecule has 0 aliphatic rings. The number of halogens is 1. The maximum atomic E-state index is 13.0. The molecule has 0 aromatic heterocycles. The van der Waals surface area contributed by atoms with Crippen LogP contribution in [0, 0.1) is 0 Å². The summed E-state index contributed by atoms with van der Waals surface area (Å²) in [6.07, 6.45) is 0. The molecule has 0 fully saturated rings. The van der Waals surface area contributed by atoms with Crippen LogP contribution >= 0.6 is 15.9 Å². The summed E-state index contributed by atoms with van der Waals surface area (Å²) >= 11 is 3.33. The number of anilines is 1. The molecule has 6 nitrogen and oxygen atoms in total. The van der Waals surface area contributed by atoms with Crippen LogP contribution in [0.3, 0.4) is 0 Å². The van der Waals surface area contributed by atoms with Crippen LogP contribution in [-0.2, 0) is 14.8 Å². The molecule has 0 saturated carbocycles. The zero-order valence-corrected chi connectivity index (χ0v) is 16.2. The van der Waals surface area contributed by atoms with Gasteiger partial charge in [-0.1, -0.05) is 40.2 Å². The van der Waals surface area contributed by atoms with E-state index in [-0.39, 0.29) is 11.4 Å². The molecule has 0 spiro atoms. The van der Waals surface area contributed by atoms with E-state index < -0.39 is 15.9 Å². The molecule has 1 amide bonds. The van der Waals surface area contributed by atoms with Crippen molar-refractivity contribution >= 4 is 43.3 Å². The minimum absolute atomic E-state index is 0.109. The zero-order chi connectivity index (χ0) is 18.4. The van der Waals surface area contributed by atoms with Crippen molar-refractivity contribution in [2.45, 2.75) is 18.7 Å².